The Morgan fingerprint density at radius 1 is 1.40 bits per heavy atom. The van der Waals surface area contributed by atoms with E-state index in [0.717, 1.165) is 25.7 Å². The fourth-order valence-electron chi connectivity index (χ4n) is 2.39. The third-order valence-electron chi connectivity index (χ3n) is 3.09. The molecule has 1 heterocycles. The summed E-state index contributed by atoms with van der Waals surface area (Å²) in [5, 5.41) is 14.2. The van der Waals surface area contributed by atoms with Gasteiger partial charge in [-0.1, -0.05) is 12.8 Å². The normalized spacial score (nSPS) is 19.2. The van der Waals surface area contributed by atoms with Crippen LogP contribution in [0.2, 0.25) is 0 Å². The number of aromatic amines is 2. The van der Waals surface area contributed by atoms with Crippen molar-refractivity contribution >= 4 is 5.97 Å². The van der Waals surface area contributed by atoms with Gasteiger partial charge < -0.3 is 10.2 Å². The molecular formula is C10H14N2O3. The first kappa shape index (κ1) is 10.0. The Balaban J connectivity index is 2.26. The first-order valence-corrected chi connectivity index (χ1v) is 5.19. The van der Waals surface area contributed by atoms with Gasteiger partial charge in [0.2, 0.25) is 0 Å². The minimum Gasteiger partial charge on any atom is -0.481 e. The third-order valence-corrected chi connectivity index (χ3v) is 3.09. The molecular weight excluding hydrogens is 196 g/mol. The topological polar surface area (TPSA) is 85.9 Å². The molecule has 15 heavy (non-hydrogen) atoms. The first-order valence-electron chi connectivity index (χ1n) is 5.19. The van der Waals surface area contributed by atoms with Gasteiger partial charge in [-0.3, -0.25) is 14.7 Å². The number of rotatable bonds is 3. The van der Waals surface area contributed by atoms with Crippen molar-refractivity contribution in [3.8, 4) is 0 Å². The van der Waals surface area contributed by atoms with Crippen molar-refractivity contribution in [2.24, 2.45) is 5.92 Å². The molecule has 2 rings (SSSR count). The molecule has 1 fully saturated rings. The van der Waals surface area contributed by atoms with Gasteiger partial charge in [0.1, 0.15) is 5.92 Å². The molecule has 1 aliphatic carbocycles. The van der Waals surface area contributed by atoms with Crippen LogP contribution in [0.15, 0.2) is 10.9 Å². The van der Waals surface area contributed by atoms with E-state index < -0.39 is 11.9 Å². The first-order chi connectivity index (χ1) is 7.18. The van der Waals surface area contributed by atoms with Crippen molar-refractivity contribution in [2.45, 2.75) is 31.6 Å². The maximum Gasteiger partial charge on any atom is 0.312 e. The lowest BCUT2D eigenvalue weighted by molar-refractivity contribution is -0.140. The van der Waals surface area contributed by atoms with Crippen molar-refractivity contribution in [1.29, 1.82) is 0 Å². The number of H-pyrrole nitrogens is 2. The van der Waals surface area contributed by atoms with Crippen LogP contribution in [0.4, 0.5) is 0 Å². The summed E-state index contributed by atoms with van der Waals surface area (Å²) in [6.45, 7) is 0. The molecule has 0 aromatic carbocycles. The van der Waals surface area contributed by atoms with Crippen molar-refractivity contribution < 1.29 is 9.90 Å². The zero-order valence-corrected chi connectivity index (χ0v) is 8.32. The van der Waals surface area contributed by atoms with E-state index in [4.69, 9.17) is 5.11 Å². The van der Waals surface area contributed by atoms with Gasteiger partial charge in [-0.05, 0) is 18.8 Å². The van der Waals surface area contributed by atoms with Gasteiger partial charge >= 0.3 is 5.97 Å². The monoisotopic (exact) mass is 210 g/mol. The number of carboxylic acid groups (broad SMARTS) is 1. The van der Waals surface area contributed by atoms with Crippen LogP contribution < -0.4 is 5.56 Å². The van der Waals surface area contributed by atoms with Gasteiger partial charge in [0.25, 0.3) is 5.56 Å². The van der Waals surface area contributed by atoms with Gasteiger partial charge in [-0.2, -0.15) is 0 Å². The molecule has 5 heteroatoms. The van der Waals surface area contributed by atoms with Crippen LogP contribution >= 0.6 is 0 Å². The number of carbonyl (C=O) groups is 1. The van der Waals surface area contributed by atoms with Crippen LogP contribution in [0, 0.1) is 5.92 Å². The van der Waals surface area contributed by atoms with Gasteiger partial charge in [-0.15, -0.1) is 0 Å². The standard InChI is InChI=1S/C10H14N2O3/c13-8-5-7(11-12-8)9(10(14)15)6-3-1-2-4-6/h5-6,9H,1-4H2,(H,14,15)(H2,11,12,13). The maximum absolute atomic E-state index is 11.2. The highest BCUT2D eigenvalue weighted by atomic mass is 16.4. The molecule has 0 bridgehead atoms. The second kappa shape index (κ2) is 3.92. The molecule has 3 N–H and O–H groups in total. The molecule has 1 unspecified atom stereocenters. The molecule has 0 spiro atoms. The van der Waals surface area contributed by atoms with Crippen LogP contribution in [-0.2, 0) is 4.79 Å². The number of hydrogen-bond donors (Lipinski definition) is 3. The average Bonchev–Trinajstić information content (AvgIpc) is 2.77. The average molecular weight is 210 g/mol. The van der Waals surface area contributed by atoms with E-state index in [0.29, 0.717) is 5.69 Å². The second-order valence-corrected chi connectivity index (χ2v) is 4.07. The lowest BCUT2D eigenvalue weighted by Gasteiger charge is -2.17. The minimum atomic E-state index is -0.850. The van der Waals surface area contributed by atoms with Gasteiger partial charge in [0.15, 0.2) is 0 Å². The quantitative estimate of drug-likeness (QED) is 0.697. The Hall–Kier alpha value is -1.52. The summed E-state index contributed by atoms with van der Waals surface area (Å²) in [4.78, 5) is 22.1. The van der Waals surface area contributed by atoms with Gasteiger partial charge in [-0.25, -0.2) is 0 Å². The molecule has 0 aliphatic heterocycles. The number of hydrogen-bond acceptors (Lipinski definition) is 2. The SMILES string of the molecule is O=C(O)C(c1cc(=O)[nH][nH]1)C1CCCC1. The summed E-state index contributed by atoms with van der Waals surface area (Å²) in [5.41, 5.74) is 0.230. The number of aliphatic carboxylic acids is 1. The number of carboxylic acids is 1. The fraction of sp³-hybridized carbons (Fsp3) is 0.600. The minimum absolute atomic E-state index is 0.161. The smallest absolute Gasteiger partial charge is 0.312 e. The molecule has 0 amide bonds. The van der Waals surface area contributed by atoms with Crippen LogP contribution in [0.5, 0.6) is 0 Å². The number of nitrogens with one attached hydrogen (secondary N) is 2. The van der Waals surface area contributed by atoms with Crippen molar-refractivity contribution in [3.05, 3.63) is 22.1 Å². The second-order valence-electron chi connectivity index (χ2n) is 4.07. The zero-order valence-electron chi connectivity index (χ0n) is 8.32. The lowest BCUT2D eigenvalue weighted by Crippen LogP contribution is -2.20. The highest BCUT2D eigenvalue weighted by Gasteiger charge is 2.32. The van der Waals surface area contributed by atoms with Crippen molar-refractivity contribution in [2.75, 3.05) is 0 Å². The Labute approximate surface area is 86.5 Å². The number of aromatic nitrogens is 2. The zero-order chi connectivity index (χ0) is 10.8. The van der Waals surface area contributed by atoms with Crippen molar-refractivity contribution in [1.82, 2.24) is 10.2 Å². The van der Waals surface area contributed by atoms with Crippen molar-refractivity contribution in [3.63, 3.8) is 0 Å². The summed E-state index contributed by atoms with van der Waals surface area (Å²) in [5.74, 6) is -1.25. The van der Waals surface area contributed by atoms with Gasteiger partial charge in [0.05, 0.1) is 5.69 Å². The Morgan fingerprint density at radius 2 is 2.07 bits per heavy atom. The van der Waals surface area contributed by atoms with E-state index >= 15 is 0 Å². The molecule has 1 aromatic heterocycles. The van der Waals surface area contributed by atoms with Crippen LogP contribution in [0.25, 0.3) is 0 Å². The summed E-state index contributed by atoms with van der Waals surface area (Å²) in [7, 11) is 0. The van der Waals surface area contributed by atoms with E-state index in [1.165, 1.54) is 6.07 Å². The summed E-state index contributed by atoms with van der Waals surface area (Å²) >= 11 is 0. The predicted molar refractivity (Wildman–Crippen MR) is 53.7 cm³/mol. The predicted octanol–water partition coefficient (Wildman–Crippen LogP) is 1.06. The highest BCUT2D eigenvalue weighted by Crippen LogP contribution is 2.36. The van der Waals surface area contributed by atoms with E-state index in [2.05, 4.69) is 10.2 Å². The Morgan fingerprint density at radius 3 is 2.53 bits per heavy atom. The van der Waals surface area contributed by atoms with Crippen LogP contribution in [-0.4, -0.2) is 21.3 Å². The largest absolute Gasteiger partial charge is 0.481 e. The van der Waals surface area contributed by atoms with E-state index in [1.54, 1.807) is 0 Å². The Kier molecular flexibility index (Phi) is 2.62. The van der Waals surface area contributed by atoms with E-state index in [-0.39, 0.29) is 11.5 Å². The molecule has 1 aromatic rings. The molecule has 1 aliphatic rings. The van der Waals surface area contributed by atoms with Gasteiger partial charge in [0, 0.05) is 6.07 Å². The summed E-state index contributed by atoms with van der Waals surface area (Å²) in [6, 6.07) is 1.34. The molecule has 0 radical (unpaired) electrons. The molecule has 82 valence electrons. The Bertz CT molecular complexity index is 401. The molecule has 0 saturated heterocycles. The fourth-order valence-corrected chi connectivity index (χ4v) is 2.39. The van der Waals surface area contributed by atoms with E-state index in [9.17, 15) is 9.59 Å². The van der Waals surface area contributed by atoms with Crippen LogP contribution in [0.3, 0.4) is 0 Å². The third kappa shape index (κ3) is 1.95. The molecule has 1 atom stereocenters. The highest BCUT2D eigenvalue weighted by molar-refractivity contribution is 5.75. The summed E-state index contributed by atoms with van der Waals surface area (Å²) in [6.07, 6.45) is 4.04. The maximum atomic E-state index is 11.2. The molecule has 1 saturated carbocycles. The van der Waals surface area contributed by atoms with E-state index in [1.807, 2.05) is 0 Å². The summed E-state index contributed by atoms with van der Waals surface area (Å²) < 4.78 is 0. The van der Waals surface area contributed by atoms with Crippen LogP contribution in [0.1, 0.15) is 37.3 Å². The molecule has 5 nitrogen and oxygen atoms in total. The lowest BCUT2D eigenvalue weighted by atomic mass is 9.88.